The first-order valence-corrected chi connectivity index (χ1v) is 9.73. The van der Waals surface area contributed by atoms with Crippen molar-refractivity contribution in [1.29, 1.82) is 5.26 Å². The van der Waals surface area contributed by atoms with Crippen LogP contribution in [0.3, 0.4) is 0 Å². The minimum Gasteiger partial charge on any atom is -0.372 e. The topological polar surface area (TPSA) is 66.2 Å². The van der Waals surface area contributed by atoms with Crippen LogP contribution >= 0.6 is 11.8 Å². The highest BCUT2D eigenvalue weighted by Crippen LogP contribution is 2.40. The monoisotopic (exact) mass is 345 g/mol. The Labute approximate surface area is 147 Å². The number of nitriles is 1. The van der Waals surface area contributed by atoms with Gasteiger partial charge in [-0.3, -0.25) is 4.79 Å². The van der Waals surface area contributed by atoms with E-state index in [9.17, 15) is 10.1 Å². The van der Waals surface area contributed by atoms with Crippen LogP contribution in [0.1, 0.15) is 60.6 Å². The first-order valence-electron chi connectivity index (χ1n) is 8.51. The van der Waals surface area contributed by atoms with E-state index in [1.165, 1.54) is 11.8 Å². The Hall–Kier alpha value is -1.58. The summed E-state index contributed by atoms with van der Waals surface area (Å²) in [5, 5.41) is 10.2. The van der Waals surface area contributed by atoms with Crippen LogP contribution in [0.25, 0.3) is 0 Å². The van der Waals surface area contributed by atoms with Gasteiger partial charge >= 0.3 is 0 Å². The van der Waals surface area contributed by atoms with E-state index in [-0.39, 0.29) is 18.1 Å². The number of amides is 1. The molecule has 5 nitrogen and oxygen atoms in total. The highest BCUT2D eigenvalue weighted by molar-refractivity contribution is 7.98. The molecule has 2 aliphatic rings. The van der Waals surface area contributed by atoms with Gasteiger partial charge in [0.2, 0.25) is 0 Å². The largest absolute Gasteiger partial charge is 0.372 e. The zero-order valence-corrected chi connectivity index (χ0v) is 15.2. The van der Waals surface area contributed by atoms with Crippen LogP contribution in [-0.4, -0.2) is 47.3 Å². The maximum absolute atomic E-state index is 13.1. The van der Waals surface area contributed by atoms with E-state index in [0.717, 1.165) is 25.0 Å². The molecule has 0 aromatic carbocycles. The number of thioether (sulfide) groups is 1. The summed E-state index contributed by atoms with van der Waals surface area (Å²) in [5.74, 6) is 0.377. The average molecular weight is 345 g/mol. The molecule has 128 valence electrons. The van der Waals surface area contributed by atoms with Crippen LogP contribution in [0.15, 0.2) is 11.1 Å². The predicted molar refractivity (Wildman–Crippen MR) is 93.2 cm³/mol. The molecule has 2 atom stereocenters. The molecule has 0 radical (unpaired) electrons. The van der Waals surface area contributed by atoms with E-state index in [1.54, 1.807) is 0 Å². The fourth-order valence-corrected chi connectivity index (χ4v) is 3.72. The van der Waals surface area contributed by atoms with Crippen molar-refractivity contribution in [2.24, 2.45) is 0 Å². The summed E-state index contributed by atoms with van der Waals surface area (Å²) in [4.78, 5) is 19.6. The second-order valence-electron chi connectivity index (χ2n) is 6.55. The lowest BCUT2D eigenvalue weighted by atomic mass is 10.1. The Morgan fingerprint density at radius 1 is 1.50 bits per heavy atom. The number of morpholine rings is 1. The van der Waals surface area contributed by atoms with Gasteiger partial charge in [-0.05, 0) is 38.5 Å². The van der Waals surface area contributed by atoms with Gasteiger partial charge in [0.25, 0.3) is 5.91 Å². The molecule has 24 heavy (non-hydrogen) atoms. The molecule has 1 aliphatic carbocycles. The van der Waals surface area contributed by atoms with Crippen molar-refractivity contribution < 1.29 is 9.53 Å². The summed E-state index contributed by atoms with van der Waals surface area (Å²) in [6.07, 6.45) is 5.09. The Kier molecular flexibility index (Phi) is 5.12. The van der Waals surface area contributed by atoms with Crippen LogP contribution in [-0.2, 0) is 4.74 Å². The maximum atomic E-state index is 13.1. The van der Waals surface area contributed by atoms with E-state index in [2.05, 4.69) is 18.0 Å². The van der Waals surface area contributed by atoms with Gasteiger partial charge in [0.05, 0.1) is 23.3 Å². The summed E-state index contributed by atoms with van der Waals surface area (Å²) < 4.78 is 5.85. The molecule has 6 heteroatoms. The number of nitrogens with zero attached hydrogens (tertiary/aromatic N) is 3. The quantitative estimate of drug-likeness (QED) is 0.784. The van der Waals surface area contributed by atoms with E-state index in [4.69, 9.17) is 4.74 Å². The molecule has 3 rings (SSSR count). The molecule has 1 saturated carbocycles. The highest BCUT2D eigenvalue weighted by atomic mass is 32.2. The van der Waals surface area contributed by atoms with Gasteiger partial charge in [-0.25, -0.2) is 4.98 Å². The van der Waals surface area contributed by atoms with E-state index >= 15 is 0 Å². The number of ether oxygens (including phenoxy) is 1. The Balaban J connectivity index is 1.96. The fraction of sp³-hybridized carbons (Fsp3) is 0.611. The van der Waals surface area contributed by atoms with Crippen molar-refractivity contribution >= 4 is 17.7 Å². The van der Waals surface area contributed by atoms with Crippen LogP contribution in [0.5, 0.6) is 0 Å². The number of hydrogen-bond acceptors (Lipinski definition) is 5. The van der Waals surface area contributed by atoms with Gasteiger partial charge in [0, 0.05) is 24.7 Å². The first-order chi connectivity index (χ1) is 11.6. The van der Waals surface area contributed by atoms with Crippen LogP contribution < -0.4 is 0 Å². The third kappa shape index (κ3) is 3.42. The van der Waals surface area contributed by atoms with Gasteiger partial charge in [-0.1, -0.05) is 6.92 Å². The molecular weight excluding hydrogens is 322 g/mol. The molecule has 0 unspecified atom stereocenters. The summed E-state index contributed by atoms with van der Waals surface area (Å²) in [6, 6.07) is 4.04. The van der Waals surface area contributed by atoms with Crippen LogP contribution in [0.2, 0.25) is 0 Å². The Morgan fingerprint density at radius 2 is 2.25 bits per heavy atom. The Bertz CT molecular complexity index is 682. The molecule has 0 bridgehead atoms. The average Bonchev–Trinajstić information content (AvgIpc) is 3.44. The van der Waals surface area contributed by atoms with Crippen LogP contribution in [0, 0.1) is 11.3 Å². The molecular formula is C18H23N3O2S. The van der Waals surface area contributed by atoms with E-state index in [1.807, 2.05) is 24.1 Å². The Morgan fingerprint density at radius 3 is 2.83 bits per heavy atom. The van der Waals surface area contributed by atoms with Crippen LogP contribution in [0.4, 0.5) is 0 Å². The summed E-state index contributed by atoms with van der Waals surface area (Å²) in [5.41, 5.74) is 1.86. The van der Waals surface area contributed by atoms with Crippen molar-refractivity contribution in [2.45, 2.75) is 56.3 Å². The molecule has 0 N–H and O–H groups in total. The summed E-state index contributed by atoms with van der Waals surface area (Å²) >= 11 is 1.43. The standard InChI is InChI=1S/C18H23N3O2S/c1-4-13-10-21(9-11(2)23-13)18(22)14-7-16(12-5-6-12)20-17(24-3)15(14)8-19/h7,11-13H,4-6,9-10H2,1-3H3/t11-,13+/m1/s1. The third-order valence-corrected chi connectivity index (χ3v) is 5.29. The minimum absolute atomic E-state index is 0.0166. The number of pyridine rings is 1. The molecule has 2 heterocycles. The van der Waals surface area contributed by atoms with E-state index in [0.29, 0.717) is 35.2 Å². The van der Waals surface area contributed by atoms with Crippen molar-refractivity contribution in [3.05, 3.63) is 22.9 Å². The summed E-state index contributed by atoms with van der Waals surface area (Å²) in [6.45, 7) is 5.20. The van der Waals surface area contributed by atoms with Gasteiger partial charge in [0.1, 0.15) is 11.1 Å². The normalized spacial score (nSPS) is 23.8. The second kappa shape index (κ2) is 7.12. The lowest BCUT2D eigenvalue weighted by molar-refractivity contribution is -0.0681. The molecule has 1 saturated heterocycles. The summed E-state index contributed by atoms with van der Waals surface area (Å²) in [7, 11) is 0. The van der Waals surface area contributed by atoms with E-state index < -0.39 is 0 Å². The second-order valence-corrected chi connectivity index (χ2v) is 7.35. The van der Waals surface area contributed by atoms with Crippen molar-refractivity contribution in [3.63, 3.8) is 0 Å². The SMILES string of the molecule is CC[C@H]1CN(C(=O)c2cc(C3CC3)nc(SC)c2C#N)C[C@@H](C)O1. The molecule has 1 aliphatic heterocycles. The molecule has 1 aromatic rings. The fourth-order valence-electron chi connectivity index (χ4n) is 3.16. The number of rotatable bonds is 4. The van der Waals surface area contributed by atoms with Crippen molar-refractivity contribution in [2.75, 3.05) is 19.3 Å². The van der Waals surface area contributed by atoms with Crippen molar-refractivity contribution in [3.8, 4) is 6.07 Å². The molecule has 2 fully saturated rings. The lowest BCUT2D eigenvalue weighted by Gasteiger charge is -2.36. The molecule has 1 aromatic heterocycles. The molecule has 0 spiro atoms. The predicted octanol–water partition coefficient (Wildman–Crippen LogP) is 3.19. The number of hydrogen-bond donors (Lipinski definition) is 0. The van der Waals surface area contributed by atoms with Crippen molar-refractivity contribution in [1.82, 2.24) is 9.88 Å². The highest BCUT2D eigenvalue weighted by Gasteiger charge is 2.32. The zero-order valence-electron chi connectivity index (χ0n) is 14.4. The third-order valence-electron chi connectivity index (χ3n) is 4.61. The smallest absolute Gasteiger partial charge is 0.255 e. The first kappa shape index (κ1) is 17.2. The minimum atomic E-state index is -0.0697. The van der Waals surface area contributed by atoms with Gasteiger partial charge in [-0.2, -0.15) is 5.26 Å². The van der Waals surface area contributed by atoms with Gasteiger partial charge in [0.15, 0.2) is 0 Å². The number of carbonyl (C=O) groups is 1. The van der Waals surface area contributed by atoms with Gasteiger partial charge < -0.3 is 9.64 Å². The lowest BCUT2D eigenvalue weighted by Crippen LogP contribution is -2.49. The number of aromatic nitrogens is 1. The molecule has 1 amide bonds. The van der Waals surface area contributed by atoms with Gasteiger partial charge in [-0.15, -0.1) is 11.8 Å². The maximum Gasteiger partial charge on any atom is 0.255 e. The number of carbonyl (C=O) groups excluding carboxylic acids is 1. The zero-order chi connectivity index (χ0) is 17.3.